The molecular formula is C26H38N6O6. The van der Waals surface area contributed by atoms with E-state index < -0.39 is 47.9 Å². The Kier molecular flexibility index (Phi) is 11.3. The van der Waals surface area contributed by atoms with Crippen molar-refractivity contribution in [1.29, 1.82) is 0 Å². The second-order valence-corrected chi connectivity index (χ2v) is 9.76. The van der Waals surface area contributed by atoms with Crippen LogP contribution in [0.25, 0.3) is 0 Å². The molecule has 8 N–H and O–H groups in total. The summed E-state index contributed by atoms with van der Waals surface area (Å²) >= 11 is 0. The van der Waals surface area contributed by atoms with Crippen LogP contribution in [0, 0.1) is 11.8 Å². The molecule has 0 aliphatic heterocycles. The number of aromatic hydroxyl groups is 1. The van der Waals surface area contributed by atoms with Crippen LogP contribution in [0.2, 0.25) is 0 Å². The Labute approximate surface area is 221 Å². The van der Waals surface area contributed by atoms with E-state index in [9.17, 15) is 29.4 Å². The molecule has 0 aliphatic carbocycles. The maximum absolute atomic E-state index is 13.4. The highest BCUT2D eigenvalue weighted by Gasteiger charge is 2.33. The van der Waals surface area contributed by atoms with E-state index in [4.69, 9.17) is 5.73 Å². The number of carbonyl (C=O) groups is 4. The van der Waals surface area contributed by atoms with Crippen molar-refractivity contribution in [3.8, 4) is 5.75 Å². The number of carboxylic acid groups (broad SMARTS) is 1. The number of rotatable bonds is 14. The van der Waals surface area contributed by atoms with Gasteiger partial charge in [-0.15, -0.1) is 0 Å². The summed E-state index contributed by atoms with van der Waals surface area (Å²) in [5.41, 5.74) is 7.40. The van der Waals surface area contributed by atoms with E-state index in [2.05, 4.69) is 25.9 Å². The summed E-state index contributed by atoms with van der Waals surface area (Å²) in [6, 6.07) is 2.05. The Hall–Kier alpha value is -3.93. The topological polar surface area (TPSA) is 200 Å². The molecule has 3 amide bonds. The van der Waals surface area contributed by atoms with Crippen LogP contribution in [0.4, 0.5) is 0 Å². The first-order valence-corrected chi connectivity index (χ1v) is 12.6. The van der Waals surface area contributed by atoms with Crippen LogP contribution in [0.5, 0.6) is 5.75 Å². The fourth-order valence-corrected chi connectivity index (χ4v) is 3.80. The summed E-state index contributed by atoms with van der Waals surface area (Å²) in [5.74, 6) is -3.59. The molecule has 2 rings (SSSR count). The number of nitrogens with zero attached hydrogens (tertiary/aromatic N) is 1. The van der Waals surface area contributed by atoms with E-state index in [1.807, 2.05) is 6.92 Å². The second-order valence-electron chi connectivity index (χ2n) is 9.76. The minimum absolute atomic E-state index is 0.0576. The highest BCUT2D eigenvalue weighted by atomic mass is 16.4. The van der Waals surface area contributed by atoms with Crippen molar-refractivity contribution >= 4 is 23.7 Å². The smallest absolute Gasteiger partial charge is 0.326 e. The summed E-state index contributed by atoms with van der Waals surface area (Å²) in [5, 5.41) is 26.8. The third-order valence-corrected chi connectivity index (χ3v) is 6.36. The van der Waals surface area contributed by atoms with Crippen molar-refractivity contribution in [1.82, 2.24) is 25.9 Å². The number of phenolic OH excluding ortho intramolecular Hbond substituents is 1. The number of carbonyl (C=O) groups excluding carboxylic acids is 3. The quantitative estimate of drug-likeness (QED) is 0.183. The molecule has 0 spiro atoms. The fraction of sp³-hybridized carbons (Fsp3) is 0.500. The lowest BCUT2D eigenvalue weighted by molar-refractivity contribution is -0.144. The highest BCUT2D eigenvalue weighted by Crippen LogP contribution is 2.13. The molecule has 0 saturated carbocycles. The zero-order valence-electron chi connectivity index (χ0n) is 22.1. The summed E-state index contributed by atoms with van der Waals surface area (Å²) in [6.45, 7) is 6.96. The van der Waals surface area contributed by atoms with E-state index in [1.165, 1.54) is 24.7 Å². The highest BCUT2D eigenvalue weighted by molar-refractivity contribution is 5.94. The Morgan fingerprint density at radius 1 is 0.947 bits per heavy atom. The number of hydrogen-bond acceptors (Lipinski definition) is 7. The Morgan fingerprint density at radius 3 is 2.11 bits per heavy atom. The summed E-state index contributed by atoms with van der Waals surface area (Å²) in [4.78, 5) is 57.8. The Morgan fingerprint density at radius 2 is 1.58 bits per heavy atom. The standard InChI is InChI=1S/C26H38N6O6/c1-5-15(4)22(25(36)31-21(14(2)3)26(37)38)32-24(35)20(11-17-12-28-13-29-17)30-23(34)19(27)10-16-6-8-18(33)9-7-16/h6-9,12-15,19-22,33H,5,10-11,27H2,1-4H3,(H,28,29)(H,30,34)(H,31,36)(H,32,35)(H,37,38). The van der Waals surface area contributed by atoms with Gasteiger partial charge in [0.2, 0.25) is 17.7 Å². The largest absolute Gasteiger partial charge is 0.508 e. The molecule has 0 bridgehead atoms. The molecule has 1 aromatic heterocycles. The van der Waals surface area contributed by atoms with Gasteiger partial charge in [0.1, 0.15) is 23.9 Å². The Balaban J connectivity index is 2.19. The third kappa shape index (κ3) is 8.87. The predicted molar refractivity (Wildman–Crippen MR) is 140 cm³/mol. The Bertz CT molecular complexity index is 1070. The van der Waals surface area contributed by atoms with Gasteiger partial charge < -0.3 is 36.9 Å². The van der Waals surface area contributed by atoms with Crippen LogP contribution in [0.15, 0.2) is 36.8 Å². The van der Waals surface area contributed by atoms with Crippen LogP contribution in [-0.4, -0.2) is 68.0 Å². The zero-order chi connectivity index (χ0) is 28.4. The monoisotopic (exact) mass is 530 g/mol. The molecular weight excluding hydrogens is 492 g/mol. The van der Waals surface area contributed by atoms with Gasteiger partial charge in [-0.2, -0.15) is 0 Å². The normalized spacial score (nSPS) is 15.1. The first-order valence-electron chi connectivity index (χ1n) is 12.6. The number of H-pyrrole nitrogens is 1. The van der Waals surface area contributed by atoms with Gasteiger partial charge in [0, 0.05) is 18.3 Å². The third-order valence-electron chi connectivity index (χ3n) is 6.36. The predicted octanol–water partition coefficient (Wildman–Crippen LogP) is 0.469. The number of phenols is 1. The minimum Gasteiger partial charge on any atom is -0.508 e. The fourth-order valence-electron chi connectivity index (χ4n) is 3.80. The molecule has 38 heavy (non-hydrogen) atoms. The number of carboxylic acids is 1. The molecule has 0 fully saturated rings. The van der Waals surface area contributed by atoms with E-state index in [0.29, 0.717) is 12.1 Å². The lowest BCUT2D eigenvalue weighted by atomic mass is 9.96. The van der Waals surface area contributed by atoms with Crippen molar-refractivity contribution in [2.24, 2.45) is 17.6 Å². The number of benzene rings is 1. The van der Waals surface area contributed by atoms with Gasteiger partial charge in [-0.05, 0) is 36.0 Å². The van der Waals surface area contributed by atoms with Gasteiger partial charge in [0.05, 0.1) is 12.4 Å². The number of amides is 3. The molecule has 2 aromatic rings. The van der Waals surface area contributed by atoms with Crippen molar-refractivity contribution < 1.29 is 29.4 Å². The van der Waals surface area contributed by atoms with Crippen LogP contribution >= 0.6 is 0 Å². The number of nitrogens with one attached hydrogen (secondary N) is 4. The SMILES string of the molecule is CCC(C)C(NC(=O)C(Cc1cnc[nH]1)NC(=O)C(N)Cc1ccc(O)cc1)C(=O)NC(C(=O)O)C(C)C. The van der Waals surface area contributed by atoms with Crippen molar-refractivity contribution in [2.45, 2.75) is 71.1 Å². The number of aromatic amines is 1. The minimum atomic E-state index is -1.17. The molecule has 0 saturated heterocycles. The van der Waals surface area contributed by atoms with Crippen LogP contribution in [0.3, 0.4) is 0 Å². The average molecular weight is 531 g/mol. The zero-order valence-corrected chi connectivity index (χ0v) is 22.1. The second kappa shape index (κ2) is 14.1. The molecule has 5 atom stereocenters. The molecule has 208 valence electrons. The molecule has 5 unspecified atom stereocenters. The summed E-state index contributed by atoms with van der Waals surface area (Å²) in [6.07, 6.45) is 3.72. The lowest BCUT2D eigenvalue weighted by Gasteiger charge is -2.28. The number of imidazole rings is 1. The van der Waals surface area contributed by atoms with Crippen molar-refractivity contribution in [3.05, 3.63) is 48.0 Å². The van der Waals surface area contributed by atoms with Crippen LogP contribution in [-0.2, 0) is 32.0 Å². The van der Waals surface area contributed by atoms with Crippen LogP contribution in [0.1, 0.15) is 45.4 Å². The van der Waals surface area contributed by atoms with Gasteiger partial charge in [0.25, 0.3) is 0 Å². The lowest BCUT2D eigenvalue weighted by Crippen LogP contribution is -2.59. The number of aliphatic carboxylic acids is 1. The van der Waals surface area contributed by atoms with Crippen LogP contribution < -0.4 is 21.7 Å². The molecule has 1 heterocycles. The molecule has 12 nitrogen and oxygen atoms in total. The molecule has 12 heteroatoms. The summed E-state index contributed by atoms with van der Waals surface area (Å²) in [7, 11) is 0. The molecule has 1 aromatic carbocycles. The number of aromatic nitrogens is 2. The maximum Gasteiger partial charge on any atom is 0.326 e. The molecule has 0 radical (unpaired) electrons. The van der Waals surface area contributed by atoms with Gasteiger partial charge in [-0.3, -0.25) is 14.4 Å². The number of hydrogen-bond donors (Lipinski definition) is 7. The van der Waals surface area contributed by atoms with E-state index >= 15 is 0 Å². The van der Waals surface area contributed by atoms with Gasteiger partial charge in [-0.1, -0.05) is 46.2 Å². The first-order chi connectivity index (χ1) is 17.9. The molecule has 0 aliphatic rings. The number of nitrogens with two attached hydrogens (primary N) is 1. The summed E-state index contributed by atoms with van der Waals surface area (Å²) < 4.78 is 0. The van der Waals surface area contributed by atoms with E-state index in [0.717, 1.165) is 5.56 Å². The van der Waals surface area contributed by atoms with Gasteiger partial charge in [-0.25, -0.2) is 9.78 Å². The van der Waals surface area contributed by atoms with Gasteiger partial charge >= 0.3 is 5.97 Å². The van der Waals surface area contributed by atoms with Crippen molar-refractivity contribution in [3.63, 3.8) is 0 Å². The van der Waals surface area contributed by atoms with E-state index in [-0.39, 0.29) is 30.4 Å². The first kappa shape index (κ1) is 30.3. The average Bonchev–Trinajstić information content (AvgIpc) is 3.38. The maximum atomic E-state index is 13.4. The van der Waals surface area contributed by atoms with Gasteiger partial charge in [0.15, 0.2) is 0 Å². The van der Waals surface area contributed by atoms with E-state index in [1.54, 1.807) is 32.9 Å². The van der Waals surface area contributed by atoms with Crippen molar-refractivity contribution in [2.75, 3.05) is 0 Å².